The highest BCUT2D eigenvalue weighted by Crippen LogP contribution is 2.26. The average Bonchev–Trinajstić information content (AvgIpc) is 2.74. The molecule has 0 aliphatic heterocycles. The molecular weight excluding hydrogens is 340 g/mol. The lowest BCUT2D eigenvalue weighted by Gasteiger charge is -2.20. The summed E-state index contributed by atoms with van der Waals surface area (Å²) < 4.78 is 6.05. The molecule has 1 aliphatic carbocycles. The zero-order valence-corrected chi connectivity index (χ0v) is 16.8. The molecule has 3 aromatic rings. The lowest BCUT2D eigenvalue weighted by molar-refractivity contribution is 0.0595. The van der Waals surface area contributed by atoms with Crippen LogP contribution in [0.4, 0.5) is 0 Å². The van der Waals surface area contributed by atoms with Gasteiger partial charge in [0.05, 0.1) is 12.7 Å². The molecule has 0 spiro atoms. The largest absolute Gasteiger partial charge is 0.369 e. The van der Waals surface area contributed by atoms with Crippen LogP contribution in [0.1, 0.15) is 30.9 Å². The number of allylic oxidation sites excluding steroid dienone is 1. The molecule has 2 atom stereocenters. The number of aryl methyl sites for hydroxylation is 1. The molecule has 0 fully saturated rings. The average molecular weight is 369 g/mol. The minimum absolute atomic E-state index is 0.269. The maximum absolute atomic E-state index is 6.05. The fourth-order valence-electron chi connectivity index (χ4n) is 3.67. The molecule has 0 saturated heterocycles. The second kappa shape index (κ2) is 8.58. The number of hydrogen-bond acceptors (Lipinski definition) is 1. The van der Waals surface area contributed by atoms with Crippen molar-refractivity contribution >= 4 is 0 Å². The molecule has 142 valence electrons. The van der Waals surface area contributed by atoms with Crippen molar-refractivity contribution in [2.24, 2.45) is 5.92 Å². The monoisotopic (exact) mass is 368 g/mol. The van der Waals surface area contributed by atoms with E-state index < -0.39 is 0 Å². The summed E-state index contributed by atoms with van der Waals surface area (Å²) in [6, 6.07) is 26.2. The van der Waals surface area contributed by atoms with Crippen molar-refractivity contribution in [3.63, 3.8) is 0 Å². The zero-order valence-electron chi connectivity index (χ0n) is 16.8. The van der Waals surface area contributed by atoms with E-state index in [1.807, 2.05) is 0 Å². The molecule has 1 heteroatoms. The van der Waals surface area contributed by atoms with Crippen molar-refractivity contribution in [1.82, 2.24) is 0 Å². The molecule has 28 heavy (non-hydrogen) atoms. The Balaban J connectivity index is 1.39. The van der Waals surface area contributed by atoms with E-state index >= 15 is 0 Å². The molecule has 3 aromatic carbocycles. The molecular formula is C27H28O. The Hall–Kier alpha value is -2.64. The molecule has 0 N–H and O–H groups in total. The van der Waals surface area contributed by atoms with Crippen molar-refractivity contribution in [3.8, 4) is 22.3 Å². The van der Waals surface area contributed by atoms with Gasteiger partial charge in [-0.05, 0) is 53.5 Å². The first-order valence-electron chi connectivity index (χ1n) is 10.2. The Bertz CT molecular complexity index is 918. The van der Waals surface area contributed by atoms with Crippen LogP contribution in [0.15, 0.2) is 84.9 Å². The predicted molar refractivity (Wildman–Crippen MR) is 118 cm³/mol. The highest BCUT2D eigenvalue weighted by atomic mass is 16.5. The molecule has 0 radical (unpaired) electrons. The quantitative estimate of drug-likeness (QED) is 0.433. The van der Waals surface area contributed by atoms with Crippen LogP contribution in [0.25, 0.3) is 22.3 Å². The van der Waals surface area contributed by atoms with Crippen LogP contribution in [-0.2, 0) is 11.3 Å². The number of ether oxygens (including phenoxy) is 1. The first-order valence-corrected chi connectivity index (χ1v) is 10.2. The van der Waals surface area contributed by atoms with Crippen LogP contribution >= 0.6 is 0 Å². The highest BCUT2D eigenvalue weighted by Gasteiger charge is 2.12. The number of rotatable bonds is 5. The number of hydrogen-bond donors (Lipinski definition) is 0. The Kier molecular flexibility index (Phi) is 5.73. The van der Waals surface area contributed by atoms with E-state index in [-0.39, 0.29) is 6.10 Å². The predicted octanol–water partition coefficient (Wildman–Crippen LogP) is 7.20. The molecule has 0 heterocycles. The molecule has 0 saturated carbocycles. The van der Waals surface area contributed by atoms with Crippen LogP contribution in [0.3, 0.4) is 0 Å². The summed E-state index contributed by atoms with van der Waals surface area (Å²) in [5.41, 5.74) is 7.52. The van der Waals surface area contributed by atoms with Crippen molar-refractivity contribution in [2.45, 2.75) is 39.4 Å². The van der Waals surface area contributed by atoms with Crippen LogP contribution in [0.2, 0.25) is 0 Å². The highest BCUT2D eigenvalue weighted by molar-refractivity contribution is 5.70. The zero-order chi connectivity index (χ0) is 19.3. The smallest absolute Gasteiger partial charge is 0.0760 e. The standard InChI is InChI=1S/C27H28O/c1-20-3-9-23(10-4-20)25-13-15-26(16-14-25)24-11-7-22(8-12-24)19-28-27-17-5-21(2)6-18-27/h3-5,7-17,21,27H,6,18-19H2,1-2H3. The summed E-state index contributed by atoms with van der Waals surface area (Å²) in [5, 5.41) is 0. The minimum atomic E-state index is 0.269. The topological polar surface area (TPSA) is 9.23 Å². The number of benzene rings is 3. The van der Waals surface area contributed by atoms with Gasteiger partial charge >= 0.3 is 0 Å². The Morgan fingerprint density at radius 3 is 1.68 bits per heavy atom. The third-order valence-electron chi connectivity index (χ3n) is 5.58. The van der Waals surface area contributed by atoms with Gasteiger partial charge in [-0.25, -0.2) is 0 Å². The van der Waals surface area contributed by atoms with Gasteiger partial charge in [0, 0.05) is 0 Å². The summed E-state index contributed by atoms with van der Waals surface area (Å²) >= 11 is 0. The third kappa shape index (κ3) is 4.61. The van der Waals surface area contributed by atoms with Gasteiger partial charge in [-0.1, -0.05) is 97.4 Å². The Morgan fingerprint density at radius 2 is 1.18 bits per heavy atom. The summed E-state index contributed by atoms with van der Waals surface area (Å²) in [4.78, 5) is 0. The third-order valence-corrected chi connectivity index (χ3v) is 5.58. The van der Waals surface area contributed by atoms with E-state index in [0.29, 0.717) is 12.5 Å². The van der Waals surface area contributed by atoms with Gasteiger partial charge < -0.3 is 4.74 Å². The molecule has 0 aromatic heterocycles. The molecule has 1 aliphatic rings. The van der Waals surface area contributed by atoms with E-state index in [9.17, 15) is 0 Å². The van der Waals surface area contributed by atoms with Gasteiger partial charge in [0.25, 0.3) is 0 Å². The first-order chi connectivity index (χ1) is 13.7. The first kappa shape index (κ1) is 18.7. The van der Waals surface area contributed by atoms with Gasteiger partial charge in [-0.3, -0.25) is 0 Å². The van der Waals surface area contributed by atoms with Crippen molar-refractivity contribution in [2.75, 3.05) is 0 Å². The summed E-state index contributed by atoms with van der Waals surface area (Å²) in [7, 11) is 0. The van der Waals surface area contributed by atoms with Crippen molar-refractivity contribution < 1.29 is 4.74 Å². The lowest BCUT2D eigenvalue weighted by atomic mass is 9.96. The molecule has 0 bridgehead atoms. The minimum Gasteiger partial charge on any atom is -0.369 e. The van der Waals surface area contributed by atoms with Gasteiger partial charge in [0.15, 0.2) is 0 Å². The second-order valence-corrected chi connectivity index (χ2v) is 7.93. The van der Waals surface area contributed by atoms with E-state index in [1.165, 1.54) is 39.8 Å². The Labute approximate surface area is 168 Å². The van der Waals surface area contributed by atoms with Crippen LogP contribution in [-0.4, -0.2) is 6.10 Å². The summed E-state index contributed by atoms with van der Waals surface area (Å²) in [6.07, 6.45) is 7.11. The lowest BCUT2D eigenvalue weighted by Crippen LogP contribution is -2.15. The van der Waals surface area contributed by atoms with Gasteiger partial charge in [-0.2, -0.15) is 0 Å². The fourth-order valence-corrected chi connectivity index (χ4v) is 3.67. The van der Waals surface area contributed by atoms with E-state index in [4.69, 9.17) is 4.74 Å². The van der Waals surface area contributed by atoms with Gasteiger partial charge in [0.1, 0.15) is 0 Å². The van der Waals surface area contributed by atoms with Crippen LogP contribution in [0.5, 0.6) is 0 Å². The summed E-state index contributed by atoms with van der Waals surface area (Å²) in [6.45, 7) is 5.06. The van der Waals surface area contributed by atoms with E-state index in [2.05, 4.69) is 98.8 Å². The second-order valence-electron chi connectivity index (χ2n) is 7.93. The molecule has 0 amide bonds. The van der Waals surface area contributed by atoms with Gasteiger partial charge in [-0.15, -0.1) is 0 Å². The Morgan fingerprint density at radius 1 is 0.679 bits per heavy atom. The summed E-state index contributed by atoms with van der Waals surface area (Å²) in [5.74, 6) is 0.691. The van der Waals surface area contributed by atoms with Gasteiger partial charge in [0.2, 0.25) is 0 Å². The molecule has 4 rings (SSSR count). The van der Waals surface area contributed by atoms with E-state index in [1.54, 1.807) is 0 Å². The van der Waals surface area contributed by atoms with Crippen LogP contribution in [0, 0.1) is 12.8 Å². The molecule has 2 unspecified atom stereocenters. The van der Waals surface area contributed by atoms with Crippen LogP contribution < -0.4 is 0 Å². The fraction of sp³-hybridized carbons (Fsp3) is 0.259. The van der Waals surface area contributed by atoms with E-state index in [0.717, 1.165) is 6.42 Å². The SMILES string of the molecule is Cc1ccc(-c2ccc(-c3ccc(COC4C=CC(C)CC4)cc3)cc2)cc1. The molecule has 1 nitrogen and oxygen atoms in total. The normalized spacial score (nSPS) is 18.9. The maximum atomic E-state index is 6.05. The van der Waals surface area contributed by atoms with Crippen molar-refractivity contribution in [3.05, 3.63) is 96.1 Å². The maximum Gasteiger partial charge on any atom is 0.0760 e. The van der Waals surface area contributed by atoms with Crippen molar-refractivity contribution in [1.29, 1.82) is 0 Å².